The van der Waals surface area contributed by atoms with E-state index >= 15 is 0 Å². The lowest BCUT2D eigenvalue weighted by Crippen LogP contribution is -2.43. The molecule has 4 N–H and O–H groups in total. The van der Waals surface area contributed by atoms with Crippen molar-refractivity contribution >= 4 is 11.9 Å². The van der Waals surface area contributed by atoms with E-state index in [4.69, 9.17) is 10.8 Å². The van der Waals surface area contributed by atoms with E-state index in [9.17, 15) is 9.59 Å². The summed E-state index contributed by atoms with van der Waals surface area (Å²) in [6.45, 7) is 5.87. The fourth-order valence-electron chi connectivity index (χ4n) is 1.38. The number of carboxylic acids is 1. The first-order chi connectivity index (χ1) is 7.38. The van der Waals surface area contributed by atoms with Crippen molar-refractivity contribution in [1.82, 2.24) is 5.32 Å². The van der Waals surface area contributed by atoms with Gasteiger partial charge in [-0.1, -0.05) is 20.8 Å². The predicted molar refractivity (Wildman–Crippen MR) is 61.9 cm³/mol. The van der Waals surface area contributed by atoms with Crippen molar-refractivity contribution in [2.75, 3.05) is 6.54 Å². The van der Waals surface area contributed by atoms with Crippen molar-refractivity contribution in [2.45, 2.75) is 39.7 Å². The summed E-state index contributed by atoms with van der Waals surface area (Å²) in [5.41, 5.74) is 5.52. The van der Waals surface area contributed by atoms with E-state index in [1.54, 1.807) is 0 Å². The summed E-state index contributed by atoms with van der Waals surface area (Å²) in [4.78, 5) is 22.3. The Bertz CT molecular complexity index is 241. The van der Waals surface area contributed by atoms with Crippen LogP contribution < -0.4 is 11.1 Å². The molecule has 5 nitrogen and oxygen atoms in total. The first-order valence-electron chi connectivity index (χ1n) is 5.64. The fourth-order valence-corrected chi connectivity index (χ4v) is 1.38. The summed E-state index contributed by atoms with van der Waals surface area (Å²) in [6, 6.07) is -0.548. The molecule has 0 aliphatic rings. The molecule has 0 aromatic carbocycles. The summed E-state index contributed by atoms with van der Waals surface area (Å²) in [5.74, 6) is -1.40. The van der Waals surface area contributed by atoms with Crippen molar-refractivity contribution < 1.29 is 14.7 Å². The van der Waals surface area contributed by atoms with Gasteiger partial charge in [0.05, 0.1) is 12.0 Å². The Hall–Kier alpha value is -1.10. The average molecular weight is 230 g/mol. The van der Waals surface area contributed by atoms with E-state index in [-0.39, 0.29) is 18.4 Å². The first kappa shape index (κ1) is 14.9. The highest BCUT2D eigenvalue weighted by molar-refractivity contribution is 5.82. The maximum absolute atomic E-state index is 11.4. The lowest BCUT2D eigenvalue weighted by atomic mass is 9.97. The summed E-state index contributed by atoms with van der Waals surface area (Å²) in [5, 5.41) is 11.5. The van der Waals surface area contributed by atoms with Crippen molar-refractivity contribution in [3.8, 4) is 0 Å². The predicted octanol–water partition coefficient (Wildman–Crippen LogP) is 0.587. The molecule has 0 saturated heterocycles. The van der Waals surface area contributed by atoms with Crippen molar-refractivity contribution in [2.24, 2.45) is 17.6 Å². The lowest BCUT2D eigenvalue weighted by Gasteiger charge is -2.16. The molecule has 1 amide bonds. The van der Waals surface area contributed by atoms with Gasteiger partial charge in [0.15, 0.2) is 0 Å². The maximum atomic E-state index is 11.4. The summed E-state index contributed by atoms with van der Waals surface area (Å²) >= 11 is 0. The second-order valence-electron chi connectivity index (χ2n) is 4.42. The summed E-state index contributed by atoms with van der Waals surface area (Å²) in [7, 11) is 0. The van der Waals surface area contributed by atoms with Crippen LogP contribution in [0.2, 0.25) is 0 Å². The Balaban J connectivity index is 4.12. The smallest absolute Gasteiger partial charge is 0.308 e. The molecule has 0 saturated carbocycles. The van der Waals surface area contributed by atoms with Crippen LogP contribution in [0.15, 0.2) is 0 Å². The Labute approximate surface area is 96.4 Å². The van der Waals surface area contributed by atoms with Gasteiger partial charge in [0.2, 0.25) is 5.91 Å². The van der Waals surface area contributed by atoms with Gasteiger partial charge in [-0.15, -0.1) is 0 Å². The topological polar surface area (TPSA) is 92.4 Å². The quantitative estimate of drug-likeness (QED) is 0.596. The molecular formula is C11H22N2O3. The lowest BCUT2D eigenvalue weighted by molar-refractivity contribution is -0.142. The number of rotatable bonds is 7. The minimum Gasteiger partial charge on any atom is -0.481 e. The van der Waals surface area contributed by atoms with Crippen LogP contribution >= 0.6 is 0 Å². The molecule has 5 heteroatoms. The molecule has 0 bridgehead atoms. The SMILES string of the molecule is CC[C@@H](N)C(=O)NCC(CC(C)C)C(=O)O. The zero-order chi connectivity index (χ0) is 12.7. The van der Waals surface area contributed by atoms with Crippen LogP contribution in [-0.2, 0) is 9.59 Å². The molecule has 0 aromatic rings. The number of hydrogen-bond donors (Lipinski definition) is 3. The van der Waals surface area contributed by atoms with E-state index in [0.29, 0.717) is 12.8 Å². The number of carbonyl (C=O) groups is 2. The van der Waals surface area contributed by atoms with Crippen LogP contribution in [0.4, 0.5) is 0 Å². The van der Waals surface area contributed by atoms with E-state index in [1.165, 1.54) is 0 Å². The van der Waals surface area contributed by atoms with Crippen LogP contribution in [-0.4, -0.2) is 29.6 Å². The van der Waals surface area contributed by atoms with Gasteiger partial charge in [0.25, 0.3) is 0 Å². The van der Waals surface area contributed by atoms with E-state index < -0.39 is 17.9 Å². The van der Waals surface area contributed by atoms with Gasteiger partial charge in [0, 0.05) is 6.54 Å². The molecule has 0 aliphatic carbocycles. The molecule has 94 valence electrons. The van der Waals surface area contributed by atoms with Crippen molar-refractivity contribution in [3.63, 3.8) is 0 Å². The van der Waals surface area contributed by atoms with Crippen molar-refractivity contribution in [1.29, 1.82) is 0 Å². The second-order valence-corrected chi connectivity index (χ2v) is 4.42. The molecule has 1 unspecified atom stereocenters. The summed E-state index contributed by atoms with van der Waals surface area (Å²) < 4.78 is 0. The van der Waals surface area contributed by atoms with Gasteiger partial charge in [-0.05, 0) is 18.8 Å². The van der Waals surface area contributed by atoms with Crippen molar-refractivity contribution in [3.05, 3.63) is 0 Å². The number of amides is 1. The van der Waals surface area contributed by atoms with Crippen LogP contribution in [0.1, 0.15) is 33.6 Å². The average Bonchev–Trinajstić information content (AvgIpc) is 2.21. The molecule has 16 heavy (non-hydrogen) atoms. The van der Waals surface area contributed by atoms with E-state index in [0.717, 1.165) is 0 Å². The Morgan fingerprint density at radius 3 is 2.31 bits per heavy atom. The molecule has 0 fully saturated rings. The molecule has 0 rings (SSSR count). The minimum absolute atomic E-state index is 0.153. The second kappa shape index (κ2) is 7.22. The molecule has 0 aliphatic heterocycles. The zero-order valence-corrected chi connectivity index (χ0v) is 10.2. The van der Waals surface area contributed by atoms with Gasteiger partial charge < -0.3 is 16.2 Å². The van der Waals surface area contributed by atoms with E-state index in [2.05, 4.69) is 5.32 Å². The van der Waals surface area contributed by atoms with Crippen LogP contribution in [0.5, 0.6) is 0 Å². The maximum Gasteiger partial charge on any atom is 0.308 e. The number of hydrogen-bond acceptors (Lipinski definition) is 3. The Morgan fingerprint density at radius 2 is 1.94 bits per heavy atom. The highest BCUT2D eigenvalue weighted by atomic mass is 16.4. The molecular weight excluding hydrogens is 208 g/mol. The third-order valence-electron chi connectivity index (χ3n) is 2.40. The standard InChI is InChI=1S/C11H22N2O3/c1-4-9(12)10(14)13-6-8(11(15)16)5-7(2)3/h7-9H,4-6,12H2,1-3H3,(H,13,14)(H,15,16)/t8?,9-/m1/s1. The molecule has 0 aromatic heterocycles. The van der Waals surface area contributed by atoms with Crippen LogP contribution in [0.25, 0.3) is 0 Å². The molecule has 2 atom stereocenters. The Morgan fingerprint density at radius 1 is 1.38 bits per heavy atom. The first-order valence-corrected chi connectivity index (χ1v) is 5.64. The normalized spacial score (nSPS) is 14.6. The number of nitrogens with two attached hydrogens (primary N) is 1. The monoisotopic (exact) mass is 230 g/mol. The van der Waals surface area contributed by atoms with Crippen LogP contribution in [0.3, 0.4) is 0 Å². The number of carbonyl (C=O) groups excluding carboxylic acids is 1. The van der Waals surface area contributed by atoms with Gasteiger partial charge >= 0.3 is 5.97 Å². The number of carboxylic acid groups (broad SMARTS) is 1. The fraction of sp³-hybridized carbons (Fsp3) is 0.818. The summed E-state index contributed by atoms with van der Waals surface area (Å²) in [6.07, 6.45) is 1.10. The highest BCUT2D eigenvalue weighted by Crippen LogP contribution is 2.11. The molecule has 0 spiro atoms. The van der Waals surface area contributed by atoms with E-state index in [1.807, 2.05) is 20.8 Å². The Kier molecular flexibility index (Phi) is 6.72. The number of nitrogens with one attached hydrogen (secondary N) is 1. The minimum atomic E-state index is -0.876. The third kappa shape index (κ3) is 5.70. The largest absolute Gasteiger partial charge is 0.481 e. The number of aliphatic carboxylic acids is 1. The van der Waals surface area contributed by atoms with Crippen LogP contribution in [0, 0.1) is 11.8 Å². The molecule has 0 heterocycles. The molecule has 0 radical (unpaired) electrons. The third-order valence-corrected chi connectivity index (χ3v) is 2.40. The van der Waals surface area contributed by atoms with Gasteiger partial charge in [-0.3, -0.25) is 9.59 Å². The van der Waals surface area contributed by atoms with Gasteiger partial charge in [0.1, 0.15) is 0 Å². The van der Waals surface area contributed by atoms with Gasteiger partial charge in [-0.2, -0.15) is 0 Å². The van der Waals surface area contributed by atoms with Gasteiger partial charge in [-0.25, -0.2) is 0 Å². The highest BCUT2D eigenvalue weighted by Gasteiger charge is 2.20. The zero-order valence-electron chi connectivity index (χ0n) is 10.2.